The van der Waals surface area contributed by atoms with Gasteiger partial charge in [0.25, 0.3) is 5.56 Å². The smallest absolute Gasteiger partial charge is 0.264 e. The predicted octanol–water partition coefficient (Wildman–Crippen LogP) is 1.87. The number of rotatable bonds is 3. The molecule has 146 valence electrons. The molecule has 3 aromatic rings. The van der Waals surface area contributed by atoms with E-state index in [2.05, 4.69) is 10.1 Å². The van der Waals surface area contributed by atoms with Gasteiger partial charge < -0.3 is 9.64 Å². The van der Waals surface area contributed by atoms with Crippen LogP contribution in [0.15, 0.2) is 41.6 Å². The second-order valence-electron chi connectivity index (χ2n) is 7.01. The summed E-state index contributed by atoms with van der Waals surface area (Å²) in [6.07, 6.45) is 2.80. The van der Waals surface area contributed by atoms with E-state index in [4.69, 9.17) is 16.3 Å². The number of halogens is 1. The Morgan fingerprint density at radius 3 is 2.75 bits per heavy atom. The number of nitrogens with zero attached hydrogens (tertiary/aromatic N) is 5. The molecular formula is C19H20ClN5O3. The van der Waals surface area contributed by atoms with Gasteiger partial charge in [0.1, 0.15) is 18.3 Å². The molecule has 1 fully saturated rings. The maximum absolute atomic E-state index is 12.8. The molecule has 3 heterocycles. The topological polar surface area (TPSA) is 82.3 Å². The Labute approximate surface area is 166 Å². The number of hydrogen-bond donors (Lipinski definition) is 0. The lowest BCUT2D eigenvalue weighted by Crippen LogP contribution is -2.49. The van der Waals surface area contributed by atoms with Crippen LogP contribution in [0.1, 0.15) is 13.8 Å². The van der Waals surface area contributed by atoms with Crippen LogP contribution >= 0.6 is 11.6 Å². The zero-order valence-electron chi connectivity index (χ0n) is 15.6. The Morgan fingerprint density at radius 1 is 1.29 bits per heavy atom. The van der Waals surface area contributed by atoms with E-state index >= 15 is 0 Å². The zero-order chi connectivity index (χ0) is 19.8. The molecule has 0 bridgehead atoms. The molecule has 2 atom stereocenters. The third-order valence-electron chi connectivity index (χ3n) is 4.69. The van der Waals surface area contributed by atoms with E-state index in [0.29, 0.717) is 34.8 Å². The first kappa shape index (κ1) is 18.6. The van der Waals surface area contributed by atoms with Crippen molar-refractivity contribution in [1.29, 1.82) is 0 Å². The molecule has 0 saturated carbocycles. The first-order chi connectivity index (χ1) is 13.4. The highest BCUT2D eigenvalue weighted by molar-refractivity contribution is 6.30. The lowest BCUT2D eigenvalue weighted by Gasteiger charge is -2.35. The number of amides is 1. The summed E-state index contributed by atoms with van der Waals surface area (Å²) in [5.74, 6) is -0.132. The average molecular weight is 402 g/mol. The van der Waals surface area contributed by atoms with Crippen molar-refractivity contribution in [1.82, 2.24) is 24.2 Å². The van der Waals surface area contributed by atoms with E-state index in [1.165, 1.54) is 17.1 Å². The molecule has 0 unspecified atom stereocenters. The van der Waals surface area contributed by atoms with Gasteiger partial charge >= 0.3 is 0 Å². The van der Waals surface area contributed by atoms with E-state index < -0.39 is 0 Å². The molecule has 1 aromatic carbocycles. The Balaban J connectivity index is 1.62. The molecule has 2 aromatic heterocycles. The molecule has 0 aliphatic carbocycles. The van der Waals surface area contributed by atoms with Crippen molar-refractivity contribution in [2.45, 2.75) is 32.6 Å². The van der Waals surface area contributed by atoms with Gasteiger partial charge in [-0.3, -0.25) is 14.2 Å². The Bertz CT molecular complexity index is 1080. The summed E-state index contributed by atoms with van der Waals surface area (Å²) in [6, 6.07) is 7.13. The lowest BCUT2D eigenvalue weighted by atomic mass is 10.2. The average Bonchev–Trinajstić information content (AvgIpc) is 3.08. The van der Waals surface area contributed by atoms with Crippen molar-refractivity contribution in [2.75, 3.05) is 13.1 Å². The molecule has 4 rings (SSSR count). The number of benzene rings is 1. The molecule has 28 heavy (non-hydrogen) atoms. The summed E-state index contributed by atoms with van der Waals surface area (Å²) < 4.78 is 8.53. The maximum Gasteiger partial charge on any atom is 0.264 e. The van der Waals surface area contributed by atoms with E-state index in [0.717, 1.165) is 0 Å². The fourth-order valence-corrected chi connectivity index (χ4v) is 3.67. The minimum absolute atomic E-state index is 0.0269. The number of hydrogen-bond acceptors (Lipinski definition) is 5. The maximum atomic E-state index is 12.8. The third kappa shape index (κ3) is 3.53. The predicted molar refractivity (Wildman–Crippen MR) is 105 cm³/mol. The van der Waals surface area contributed by atoms with Crippen LogP contribution in [0.5, 0.6) is 0 Å². The minimum atomic E-state index is -0.305. The second kappa shape index (κ2) is 7.37. The molecule has 9 heteroatoms. The summed E-state index contributed by atoms with van der Waals surface area (Å²) in [5, 5.41) is 5.18. The molecule has 1 amide bonds. The van der Waals surface area contributed by atoms with Crippen molar-refractivity contribution in [3.63, 3.8) is 0 Å². The fourth-order valence-electron chi connectivity index (χ4n) is 3.49. The Kier molecular flexibility index (Phi) is 4.91. The second-order valence-corrected chi connectivity index (χ2v) is 7.44. The minimum Gasteiger partial charge on any atom is -0.372 e. The molecule has 0 radical (unpaired) electrons. The monoisotopic (exact) mass is 401 g/mol. The van der Waals surface area contributed by atoms with Gasteiger partial charge in [0.15, 0.2) is 5.65 Å². The van der Waals surface area contributed by atoms with E-state index in [9.17, 15) is 9.59 Å². The van der Waals surface area contributed by atoms with Gasteiger partial charge in [0, 0.05) is 18.1 Å². The van der Waals surface area contributed by atoms with Crippen LogP contribution in [-0.2, 0) is 16.1 Å². The Morgan fingerprint density at radius 2 is 2.04 bits per heavy atom. The number of carbonyl (C=O) groups excluding carboxylic acids is 1. The molecule has 1 saturated heterocycles. The summed E-state index contributed by atoms with van der Waals surface area (Å²) >= 11 is 6.04. The van der Waals surface area contributed by atoms with Crippen molar-refractivity contribution >= 4 is 28.5 Å². The van der Waals surface area contributed by atoms with Crippen LogP contribution in [0.3, 0.4) is 0 Å². The van der Waals surface area contributed by atoms with E-state index in [1.54, 1.807) is 27.8 Å². The van der Waals surface area contributed by atoms with Crippen molar-refractivity contribution < 1.29 is 9.53 Å². The number of carbonyl (C=O) groups is 1. The number of ether oxygens (including phenoxy) is 1. The van der Waals surface area contributed by atoms with Crippen LogP contribution in [0.2, 0.25) is 5.02 Å². The Hall–Kier alpha value is -2.71. The zero-order valence-corrected chi connectivity index (χ0v) is 16.3. The molecule has 8 nitrogen and oxygen atoms in total. The summed E-state index contributed by atoms with van der Waals surface area (Å²) in [6.45, 7) is 4.82. The largest absolute Gasteiger partial charge is 0.372 e. The van der Waals surface area contributed by atoms with Gasteiger partial charge in [-0.15, -0.1) is 0 Å². The van der Waals surface area contributed by atoms with Crippen molar-refractivity contribution in [3.8, 4) is 5.69 Å². The van der Waals surface area contributed by atoms with Crippen molar-refractivity contribution in [2.24, 2.45) is 0 Å². The summed E-state index contributed by atoms with van der Waals surface area (Å²) in [5.41, 5.74) is 0.824. The third-order valence-corrected chi connectivity index (χ3v) is 4.92. The standard InChI is InChI=1S/C19H20ClN5O3/c1-12-8-23(9-13(2)28-12)17(26)10-24-11-21-18-16(19(24)27)7-22-25(18)15-5-3-4-14(20)6-15/h3-7,11-13H,8-10H2,1-2H3/t12-,13-/m1/s1. The molecule has 1 aliphatic rings. The lowest BCUT2D eigenvalue weighted by molar-refractivity contribution is -0.143. The van der Waals surface area contributed by atoms with Crippen LogP contribution in [0.4, 0.5) is 0 Å². The summed E-state index contributed by atoms with van der Waals surface area (Å²) in [7, 11) is 0. The van der Waals surface area contributed by atoms with Crippen LogP contribution in [-0.4, -0.2) is 55.4 Å². The highest BCUT2D eigenvalue weighted by Crippen LogP contribution is 2.17. The van der Waals surface area contributed by atoms with E-state index in [1.807, 2.05) is 19.9 Å². The number of fused-ring (bicyclic) bond motifs is 1. The fraction of sp³-hybridized carbons (Fsp3) is 0.368. The number of morpholine rings is 1. The van der Waals surface area contributed by atoms with Gasteiger partial charge in [-0.05, 0) is 32.0 Å². The first-order valence-electron chi connectivity index (χ1n) is 9.04. The molecule has 0 N–H and O–H groups in total. The van der Waals surface area contributed by atoms with Crippen LogP contribution in [0, 0.1) is 0 Å². The van der Waals surface area contributed by atoms with Crippen LogP contribution < -0.4 is 5.56 Å². The summed E-state index contributed by atoms with van der Waals surface area (Å²) in [4.78, 5) is 31.6. The normalized spacial score (nSPS) is 19.9. The van der Waals surface area contributed by atoms with Crippen LogP contribution in [0.25, 0.3) is 16.7 Å². The molecule has 0 spiro atoms. The molecular weight excluding hydrogens is 382 g/mol. The first-order valence-corrected chi connectivity index (χ1v) is 9.42. The highest BCUT2D eigenvalue weighted by atomic mass is 35.5. The van der Waals surface area contributed by atoms with Gasteiger partial charge in [0.05, 0.1) is 24.1 Å². The SMILES string of the molecule is C[C@@H]1CN(C(=O)Cn2cnc3c(cnn3-c3cccc(Cl)c3)c2=O)C[C@@H](C)O1. The quantitative estimate of drug-likeness (QED) is 0.669. The van der Waals surface area contributed by atoms with Gasteiger partial charge in [-0.2, -0.15) is 5.10 Å². The number of aromatic nitrogens is 4. The van der Waals surface area contributed by atoms with Crippen molar-refractivity contribution in [3.05, 3.63) is 52.2 Å². The van der Waals surface area contributed by atoms with Gasteiger partial charge in [-0.25, -0.2) is 9.67 Å². The molecule has 1 aliphatic heterocycles. The van der Waals surface area contributed by atoms with Gasteiger partial charge in [-0.1, -0.05) is 17.7 Å². The highest BCUT2D eigenvalue weighted by Gasteiger charge is 2.26. The van der Waals surface area contributed by atoms with Gasteiger partial charge in [0.2, 0.25) is 5.91 Å². The van der Waals surface area contributed by atoms with E-state index in [-0.39, 0.29) is 30.2 Å².